The highest BCUT2D eigenvalue weighted by atomic mass is 127. The first kappa shape index (κ1) is 28.1. The van der Waals surface area contributed by atoms with Crippen molar-refractivity contribution in [3.63, 3.8) is 0 Å². The van der Waals surface area contributed by atoms with Gasteiger partial charge in [-0.3, -0.25) is 4.99 Å². The lowest BCUT2D eigenvalue weighted by atomic mass is 10.2. The second-order valence-electron chi connectivity index (χ2n) is 7.14. The van der Waals surface area contributed by atoms with Gasteiger partial charge < -0.3 is 15.5 Å². The van der Waals surface area contributed by atoms with Gasteiger partial charge in [0.25, 0.3) is 0 Å². The average Bonchev–Trinajstić information content (AvgIpc) is 2.68. The molecule has 0 saturated carbocycles. The standard InChI is InChI=1S/C21H38N4O2S.HI/c1-5-25(6-2)16-10-12-19(3)24-21(22-4)23-15-11-17-28(26,27)18-20-13-8-7-9-14-20;/h7-9,13-14,19H,5-6,10-12,15-18H2,1-4H3,(H2,22,23,24);1H. The van der Waals surface area contributed by atoms with Gasteiger partial charge >= 0.3 is 0 Å². The third-order valence-corrected chi connectivity index (χ3v) is 6.45. The maximum Gasteiger partial charge on any atom is 0.191 e. The van der Waals surface area contributed by atoms with E-state index in [0.29, 0.717) is 19.0 Å². The smallest absolute Gasteiger partial charge is 0.191 e. The first-order chi connectivity index (χ1) is 13.4. The lowest BCUT2D eigenvalue weighted by molar-refractivity contribution is 0.292. The van der Waals surface area contributed by atoms with Crippen LogP contribution in [0.3, 0.4) is 0 Å². The molecule has 29 heavy (non-hydrogen) atoms. The van der Waals surface area contributed by atoms with Gasteiger partial charge in [-0.05, 0) is 51.4 Å². The molecule has 0 saturated heterocycles. The summed E-state index contributed by atoms with van der Waals surface area (Å²) in [6.07, 6.45) is 2.78. The number of hydrogen-bond donors (Lipinski definition) is 2. The van der Waals surface area contributed by atoms with E-state index in [2.05, 4.69) is 41.3 Å². The minimum Gasteiger partial charge on any atom is -0.356 e. The summed E-state index contributed by atoms with van der Waals surface area (Å²) < 4.78 is 24.5. The van der Waals surface area contributed by atoms with Crippen LogP contribution in [0.25, 0.3) is 0 Å². The third-order valence-electron chi connectivity index (χ3n) is 4.77. The Bertz CT molecular complexity index is 665. The molecule has 1 rings (SSSR count). The van der Waals surface area contributed by atoms with Crippen LogP contribution < -0.4 is 10.6 Å². The Morgan fingerprint density at radius 3 is 2.38 bits per heavy atom. The molecular formula is C21H39IN4O2S. The van der Waals surface area contributed by atoms with Crippen molar-refractivity contribution >= 4 is 39.8 Å². The number of benzene rings is 1. The monoisotopic (exact) mass is 538 g/mol. The number of nitrogens with zero attached hydrogens (tertiary/aromatic N) is 2. The van der Waals surface area contributed by atoms with Crippen LogP contribution >= 0.6 is 24.0 Å². The van der Waals surface area contributed by atoms with Crippen molar-refractivity contribution in [2.24, 2.45) is 4.99 Å². The second kappa shape index (κ2) is 15.9. The van der Waals surface area contributed by atoms with Crippen LogP contribution in [0.1, 0.15) is 45.6 Å². The highest BCUT2D eigenvalue weighted by Crippen LogP contribution is 2.07. The summed E-state index contributed by atoms with van der Waals surface area (Å²) in [5.74, 6) is 1.01. The maximum absolute atomic E-state index is 12.2. The molecule has 0 aliphatic carbocycles. The summed E-state index contributed by atoms with van der Waals surface area (Å²) in [4.78, 5) is 6.67. The maximum atomic E-state index is 12.2. The quantitative estimate of drug-likeness (QED) is 0.175. The molecule has 0 aromatic heterocycles. The zero-order chi connectivity index (χ0) is 20.8. The van der Waals surface area contributed by atoms with E-state index in [9.17, 15) is 8.42 Å². The number of hydrogen-bond acceptors (Lipinski definition) is 4. The van der Waals surface area contributed by atoms with Crippen molar-refractivity contribution in [1.29, 1.82) is 0 Å². The minimum atomic E-state index is -3.09. The van der Waals surface area contributed by atoms with Crippen molar-refractivity contribution in [3.8, 4) is 0 Å². The molecule has 1 unspecified atom stereocenters. The van der Waals surface area contributed by atoms with Gasteiger partial charge in [-0.2, -0.15) is 0 Å². The molecule has 8 heteroatoms. The summed E-state index contributed by atoms with van der Waals surface area (Å²) >= 11 is 0. The molecule has 0 aliphatic rings. The Hall–Kier alpha value is -0.870. The normalized spacial score (nSPS) is 13.1. The number of aliphatic imine (C=N–C) groups is 1. The van der Waals surface area contributed by atoms with E-state index in [0.717, 1.165) is 44.0 Å². The van der Waals surface area contributed by atoms with Crippen LogP contribution in [-0.4, -0.2) is 64.3 Å². The molecule has 2 N–H and O–H groups in total. The van der Waals surface area contributed by atoms with Gasteiger partial charge in [0, 0.05) is 19.6 Å². The number of halogens is 1. The molecule has 0 amide bonds. The predicted octanol–water partition coefficient (Wildman–Crippen LogP) is 3.29. The topological polar surface area (TPSA) is 73.8 Å². The zero-order valence-electron chi connectivity index (χ0n) is 18.4. The predicted molar refractivity (Wildman–Crippen MR) is 135 cm³/mol. The zero-order valence-corrected chi connectivity index (χ0v) is 21.5. The van der Waals surface area contributed by atoms with Crippen molar-refractivity contribution in [2.45, 2.75) is 51.8 Å². The van der Waals surface area contributed by atoms with Gasteiger partial charge in [-0.25, -0.2) is 8.42 Å². The van der Waals surface area contributed by atoms with Crippen LogP contribution in [0.5, 0.6) is 0 Å². The van der Waals surface area contributed by atoms with Gasteiger partial charge in [-0.1, -0.05) is 44.2 Å². The van der Waals surface area contributed by atoms with Crippen LogP contribution in [0, 0.1) is 0 Å². The van der Waals surface area contributed by atoms with E-state index in [1.54, 1.807) is 7.05 Å². The van der Waals surface area contributed by atoms with Gasteiger partial charge in [0.2, 0.25) is 0 Å². The third kappa shape index (κ3) is 13.1. The van der Waals surface area contributed by atoms with Crippen LogP contribution in [0.4, 0.5) is 0 Å². The SMILES string of the molecule is CCN(CC)CCCC(C)NC(=NC)NCCCS(=O)(=O)Cc1ccccc1.I. The Morgan fingerprint density at radius 2 is 1.79 bits per heavy atom. The summed E-state index contributed by atoms with van der Waals surface area (Å²) in [5.41, 5.74) is 0.839. The highest BCUT2D eigenvalue weighted by molar-refractivity contribution is 14.0. The van der Waals surface area contributed by atoms with Gasteiger partial charge in [0.15, 0.2) is 15.8 Å². The molecule has 1 aromatic carbocycles. The van der Waals surface area contributed by atoms with E-state index in [1.807, 2.05) is 30.3 Å². The van der Waals surface area contributed by atoms with Gasteiger partial charge in [-0.15, -0.1) is 24.0 Å². The number of guanidine groups is 1. The lowest BCUT2D eigenvalue weighted by Crippen LogP contribution is -2.43. The van der Waals surface area contributed by atoms with E-state index in [4.69, 9.17) is 0 Å². The fraction of sp³-hybridized carbons (Fsp3) is 0.667. The van der Waals surface area contributed by atoms with Crippen molar-refractivity contribution in [1.82, 2.24) is 15.5 Å². The molecule has 0 spiro atoms. The summed E-state index contributed by atoms with van der Waals surface area (Å²) in [6.45, 7) is 10.4. The fourth-order valence-electron chi connectivity index (χ4n) is 3.06. The molecule has 0 bridgehead atoms. The minimum absolute atomic E-state index is 0. The molecule has 1 atom stereocenters. The molecule has 0 heterocycles. The van der Waals surface area contributed by atoms with E-state index >= 15 is 0 Å². The summed E-state index contributed by atoms with van der Waals surface area (Å²) in [7, 11) is -1.35. The Morgan fingerprint density at radius 1 is 1.14 bits per heavy atom. The Kier molecular flexibility index (Phi) is 15.4. The number of sulfone groups is 1. The molecule has 0 radical (unpaired) electrons. The van der Waals surface area contributed by atoms with Crippen LogP contribution in [0.2, 0.25) is 0 Å². The Balaban J connectivity index is 0.00000784. The lowest BCUT2D eigenvalue weighted by Gasteiger charge is -2.21. The molecule has 0 fully saturated rings. The second-order valence-corrected chi connectivity index (χ2v) is 9.33. The summed E-state index contributed by atoms with van der Waals surface area (Å²) in [6, 6.07) is 9.65. The van der Waals surface area contributed by atoms with Crippen molar-refractivity contribution in [3.05, 3.63) is 35.9 Å². The van der Waals surface area contributed by atoms with E-state index in [-0.39, 0.29) is 35.5 Å². The molecular weight excluding hydrogens is 499 g/mol. The summed E-state index contributed by atoms with van der Waals surface area (Å²) in [5, 5.41) is 6.61. The van der Waals surface area contributed by atoms with Crippen molar-refractivity contribution in [2.75, 3.05) is 39.0 Å². The fourth-order valence-corrected chi connectivity index (χ4v) is 4.49. The van der Waals surface area contributed by atoms with Crippen LogP contribution in [-0.2, 0) is 15.6 Å². The molecule has 1 aromatic rings. The van der Waals surface area contributed by atoms with Gasteiger partial charge in [0.05, 0.1) is 11.5 Å². The average molecular weight is 539 g/mol. The number of nitrogens with one attached hydrogen (secondary N) is 2. The highest BCUT2D eigenvalue weighted by Gasteiger charge is 2.12. The number of rotatable bonds is 13. The molecule has 0 aliphatic heterocycles. The van der Waals surface area contributed by atoms with Gasteiger partial charge in [0.1, 0.15) is 0 Å². The van der Waals surface area contributed by atoms with Crippen molar-refractivity contribution < 1.29 is 8.42 Å². The molecule has 168 valence electrons. The first-order valence-corrected chi connectivity index (χ1v) is 12.2. The van der Waals surface area contributed by atoms with Crippen LogP contribution in [0.15, 0.2) is 35.3 Å². The van der Waals surface area contributed by atoms with E-state index < -0.39 is 9.84 Å². The molecule has 6 nitrogen and oxygen atoms in total. The largest absolute Gasteiger partial charge is 0.356 e. The first-order valence-electron chi connectivity index (χ1n) is 10.3. The Labute approximate surface area is 194 Å². The van der Waals surface area contributed by atoms with E-state index in [1.165, 1.54) is 0 Å².